The van der Waals surface area contributed by atoms with E-state index in [1.54, 1.807) is 40.7 Å². The SMILES string of the molecule is CC=C(C)C(=O)O[C@@H]1[C@H]2C(C)=CC(=O)[C@@H](O)[C@]2(C)[C@H]2[C@@]3(O)OC[C@@]24[C@@H]1OC(=O)C[C@H]4[C@@H](C)[C@H]3O. The van der Waals surface area contributed by atoms with Crippen LogP contribution in [-0.4, -0.2) is 69.9 Å². The molecule has 11 atom stereocenters. The Bertz CT molecular complexity index is 1030. The Kier molecular flexibility index (Phi) is 5.03. The van der Waals surface area contributed by atoms with Gasteiger partial charge < -0.3 is 29.5 Å². The molecule has 5 aliphatic rings. The first-order chi connectivity index (χ1) is 15.8. The maximum Gasteiger partial charge on any atom is 0.333 e. The van der Waals surface area contributed by atoms with E-state index in [0.717, 1.165) is 0 Å². The minimum absolute atomic E-state index is 0.0150. The van der Waals surface area contributed by atoms with Crippen molar-refractivity contribution in [3.63, 3.8) is 0 Å². The molecule has 1 spiro atoms. The van der Waals surface area contributed by atoms with Crippen LogP contribution < -0.4 is 0 Å². The number of ether oxygens (including phenoxy) is 3. The van der Waals surface area contributed by atoms with E-state index in [9.17, 15) is 29.7 Å². The van der Waals surface area contributed by atoms with Crippen LogP contribution in [0.3, 0.4) is 0 Å². The summed E-state index contributed by atoms with van der Waals surface area (Å²) in [4.78, 5) is 38.7. The molecule has 2 bridgehead atoms. The van der Waals surface area contributed by atoms with Crippen molar-refractivity contribution in [1.82, 2.24) is 0 Å². The number of rotatable bonds is 2. The van der Waals surface area contributed by atoms with Crippen LogP contribution in [0.15, 0.2) is 23.3 Å². The Hall–Kier alpha value is -2.07. The molecule has 2 aliphatic heterocycles. The van der Waals surface area contributed by atoms with Gasteiger partial charge >= 0.3 is 11.9 Å². The number of esters is 2. The predicted molar refractivity (Wildman–Crippen MR) is 116 cm³/mol. The quantitative estimate of drug-likeness (QED) is 0.387. The second-order valence-corrected chi connectivity index (χ2v) is 11.0. The van der Waals surface area contributed by atoms with E-state index in [-0.39, 0.29) is 13.0 Å². The monoisotopic (exact) mass is 476 g/mol. The third-order valence-electron chi connectivity index (χ3n) is 9.56. The zero-order chi connectivity index (χ0) is 25.0. The minimum Gasteiger partial charge on any atom is -0.458 e. The molecular weight excluding hydrogens is 444 g/mol. The lowest BCUT2D eigenvalue weighted by molar-refractivity contribution is -0.344. The molecule has 5 rings (SSSR count). The Balaban J connectivity index is 1.79. The molecule has 2 heterocycles. The van der Waals surface area contributed by atoms with Crippen LogP contribution in [-0.2, 0) is 28.6 Å². The second kappa shape index (κ2) is 7.22. The Labute approximate surface area is 197 Å². The number of aliphatic hydroxyl groups is 3. The lowest BCUT2D eigenvalue weighted by Gasteiger charge is -2.68. The lowest BCUT2D eigenvalue weighted by atomic mass is 9.37. The van der Waals surface area contributed by atoms with Crippen molar-refractivity contribution < 1.29 is 43.9 Å². The fraction of sp³-hybridized carbons (Fsp3) is 0.720. The van der Waals surface area contributed by atoms with Gasteiger partial charge in [0.15, 0.2) is 11.6 Å². The smallest absolute Gasteiger partial charge is 0.333 e. The lowest BCUT2D eigenvalue weighted by Crippen LogP contribution is -2.79. The van der Waals surface area contributed by atoms with Crippen molar-refractivity contribution in [1.29, 1.82) is 0 Å². The normalized spacial score (nSPS) is 51.8. The van der Waals surface area contributed by atoms with Crippen LogP contribution >= 0.6 is 0 Å². The van der Waals surface area contributed by atoms with Crippen molar-refractivity contribution in [3.05, 3.63) is 23.3 Å². The number of fused-ring (bicyclic) bond motifs is 1. The molecule has 2 saturated carbocycles. The second-order valence-electron chi connectivity index (χ2n) is 11.0. The van der Waals surface area contributed by atoms with Gasteiger partial charge in [0.25, 0.3) is 0 Å². The van der Waals surface area contributed by atoms with Gasteiger partial charge in [-0.2, -0.15) is 0 Å². The first-order valence-electron chi connectivity index (χ1n) is 11.8. The molecule has 0 amide bonds. The minimum atomic E-state index is -2.07. The van der Waals surface area contributed by atoms with Crippen LogP contribution in [0.4, 0.5) is 0 Å². The predicted octanol–water partition coefficient (Wildman–Crippen LogP) is 0.654. The average Bonchev–Trinajstić information content (AvgIpc) is 3.08. The number of ketones is 1. The number of aliphatic hydroxyl groups excluding tert-OH is 2. The standard InChI is InChI=1S/C25H32O9/c1-6-10(2)21(30)34-17-16-11(3)7-14(26)19(29)23(16,5)22-24-9-32-25(22,31)18(28)12(4)13(24)8-15(27)33-20(17)24/h6-7,12-13,16-20,22,28-29,31H,8-9H2,1-5H3/t12-,13+,16-,17-,18-,19-,20-,22-,23-,24-,25+/m1/s1. The Morgan fingerprint density at radius 1 is 1.29 bits per heavy atom. The summed E-state index contributed by atoms with van der Waals surface area (Å²) in [6.07, 6.45) is -1.99. The topological polar surface area (TPSA) is 140 Å². The summed E-state index contributed by atoms with van der Waals surface area (Å²) < 4.78 is 17.8. The third kappa shape index (κ3) is 2.56. The first kappa shape index (κ1) is 23.7. The summed E-state index contributed by atoms with van der Waals surface area (Å²) in [5.74, 6) is -6.42. The summed E-state index contributed by atoms with van der Waals surface area (Å²) >= 11 is 0. The highest BCUT2D eigenvalue weighted by Gasteiger charge is 2.84. The van der Waals surface area contributed by atoms with Gasteiger partial charge in [0.1, 0.15) is 24.4 Å². The summed E-state index contributed by atoms with van der Waals surface area (Å²) in [6, 6.07) is 0. The fourth-order valence-corrected chi connectivity index (χ4v) is 8.12. The summed E-state index contributed by atoms with van der Waals surface area (Å²) in [5.41, 5.74) is -1.53. The summed E-state index contributed by atoms with van der Waals surface area (Å²) in [7, 11) is 0. The van der Waals surface area contributed by atoms with E-state index in [2.05, 4.69) is 0 Å². The van der Waals surface area contributed by atoms with Gasteiger partial charge in [-0.25, -0.2) is 4.79 Å². The molecule has 9 nitrogen and oxygen atoms in total. The third-order valence-corrected chi connectivity index (χ3v) is 9.56. The maximum atomic E-state index is 13.0. The van der Waals surface area contributed by atoms with Crippen molar-refractivity contribution in [2.75, 3.05) is 6.61 Å². The van der Waals surface area contributed by atoms with Crippen molar-refractivity contribution >= 4 is 17.7 Å². The number of carbonyl (C=O) groups excluding carboxylic acids is 3. The van der Waals surface area contributed by atoms with E-state index in [0.29, 0.717) is 11.1 Å². The first-order valence-corrected chi connectivity index (χ1v) is 11.8. The molecule has 2 saturated heterocycles. The van der Waals surface area contributed by atoms with Crippen LogP contribution in [0, 0.1) is 34.5 Å². The largest absolute Gasteiger partial charge is 0.458 e. The van der Waals surface area contributed by atoms with Crippen LogP contribution in [0.25, 0.3) is 0 Å². The highest BCUT2D eigenvalue weighted by atomic mass is 16.7. The molecule has 34 heavy (non-hydrogen) atoms. The molecule has 0 aromatic rings. The number of hydrogen-bond acceptors (Lipinski definition) is 9. The van der Waals surface area contributed by atoms with Gasteiger partial charge in [-0.05, 0) is 38.7 Å². The average molecular weight is 477 g/mol. The van der Waals surface area contributed by atoms with Gasteiger partial charge in [-0.3, -0.25) is 9.59 Å². The van der Waals surface area contributed by atoms with Gasteiger partial charge in [0.05, 0.1) is 6.61 Å². The number of allylic oxidation sites excluding steroid dienone is 1. The number of carbonyl (C=O) groups is 3. The van der Waals surface area contributed by atoms with Crippen LogP contribution in [0.2, 0.25) is 0 Å². The van der Waals surface area contributed by atoms with E-state index >= 15 is 0 Å². The van der Waals surface area contributed by atoms with Crippen molar-refractivity contribution in [3.8, 4) is 0 Å². The fourth-order valence-electron chi connectivity index (χ4n) is 8.12. The zero-order valence-electron chi connectivity index (χ0n) is 20.0. The Morgan fingerprint density at radius 2 is 1.97 bits per heavy atom. The summed E-state index contributed by atoms with van der Waals surface area (Å²) in [6.45, 7) is 8.37. The van der Waals surface area contributed by atoms with Gasteiger partial charge in [0.2, 0.25) is 0 Å². The van der Waals surface area contributed by atoms with Gasteiger partial charge in [-0.1, -0.05) is 25.5 Å². The van der Waals surface area contributed by atoms with Crippen LogP contribution in [0.5, 0.6) is 0 Å². The molecule has 3 N–H and O–H groups in total. The molecule has 3 aliphatic carbocycles. The molecule has 0 unspecified atom stereocenters. The van der Waals surface area contributed by atoms with E-state index < -0.39 is 82.4 Å². The molecular formula is C25H32O9. The number of hydrogen-bond donors (Lipinski definition) is 3. The molecule has 186 valence electrons. The van der Waals surface area contributed by atoms with E-state index in [4.69, 9.17) is 14.2 Å². The zero-order valence-corrected chi connectivity index (χ0v) is 20.0. The van der Waals surface area contributed by atoms with Gasteiger partial charge in [0, 0.05) is 34.7 Å². The Morgan fingerprint density at radius 3 is 2.62 bits per heavy atom. The van der Waals surface area contributed by atoms with Gasteiger partial charge in [-0.15, -0.1) is 0 Å². The molecule has 0 aromatic heterocycles. The maximum absolute atomic E-state index is 13.0. The molecule has 9 heteroatoms. The van der Waals surface area contributed by atoms with Crippen LogP contribution in [0.1, 0.15) is 41.0 Å². The highest BCUT2D eigenvalue weighted by molar-refractivity contribution is 5.96. The summed E-state index contributed by atoms with van der Waals surface area (Å²) in [5, 5.41) is 34.3. The molecule has 0 radical (unpaired) electrons. The molecule has 0 aromatic carbocycles. The van der Waals surface area contributed by atoms with Crippen molar-refractivity contribution in [2.24, 2.45) is 34.5 Å². The highest BCUT2D eigenvalue weighted by Crippen LogP contribution is 2.73. The van der Waals surface area contributed by atoms with E-state index in [1.807, 2.05) is 0 Å². The van der Waals surface area contributed by atoms with Crippen molar-refractivity contribution in [2.45, 2.75) is 71.2 Å². The van der Waals surface area contributed by atoms with E-state index in [1.165, 1.54) is 6.08 Å². The molecule has 4 fully saturated rings.